The van der Waals surface area contributed by atoms with Gasteiger partial charge in [0, 0.05) is 23.5 Å². The van der Waals surface area contributed by atoms with Crippen LogP contribution in [0.1, 0.15) is 11.3 Å². The number of hydrogen-bond acceptors (Lipinski definition) is 5. The molecular formula is C16H10N6. The van der Waals surface area contributed by atoms with Crippen molar-refractivity contribution in [1.29, 1.82) is 10.5 Å². The van der Waals surface area contributed by atoms with Gasteiger partial charge in [-0.3, -0.25) is 4.98 Å². The SMILES string of the molecule is N#Cc1cc(-c2cc(-c3ccccn3)nc(N)c2C#N)c[nH]1. The molecule has 0 fully saturated rings. The van der Waals surface area contributed by atoms with Gasteiger partial charge in [-0.15, -0.1) is 0 Å². The number of pyridine rings is 2. The zero-order valence-electron chi connectivity index (χ0n) is 11.4. The predicted molar refractivity (Wildman–Crippen MR) is 81.1 cm³/mol. The highest BCUT2D eigenvalue weighted by Crippen LogP contribution is 2.30. The minimum absolute atomic E-state index is 0.139. The van der Waals surface area contributed by atoms with E-state index in [-0.39, 0.29) is 11.4 Å². The number of aromatic nitrogens is 3. The Morgan fingerprint density at radius 3 is 2.59 bits per heavy atom. The van der Waals surface area contributed by atoms with Gasteiger partial charge in [0.15, 0.2) is 0 Å². The van der Waals surface area contributed by atoms with Crippen molar-refractivity contribution in [3.63, 3.8) is 0 Å². The van der Waals surface area contributed by atoms with E-state index >= 15 is 0 Å². The number of nitrogen functional groups attached to an aromatic ring is 1. The van der Waals surface area contributed by atoms with Crippen LogP contribution in [0.4, 0.5) is 5.82 Å². The molecule has 0 aliphatic carbocycles. The topological polar surface area (TPSA) is 115 Å². The number of anilines is 1. The van der Waals surface area contributed by atoms with E-state index in [9.17, 15) is 5.26 Å². The summed E-state index contributed by atoms with van der Waals surface area (Å²) in [6, 6.07) is 13.0. The maximum absolute atomic E-state index is 9.33. The van der Waals surface area contributed by atoms with E-state index in [0.717, 1.165) is 0 Å². The molecule has 0 amide bonds. The fourth-order valence-corrected chi connectivity index (χ4v) is 2.17. The normalized spacial score (nSPS) is 9.91. The number of nitriles is 2. The number of nitrogens with two attached hydrogens (primary N) is 1. The summed E-state index contributed by atoms with van der Waals surface area (Å²) in [5.74, 6) is 0.139. The van der Waals surface area contributed by atoms with E-state index in [1.807, 2.05) is 24.3 Å². The van der Waals surface area contributed by atoms with Crippen LogP contribution < -0.4 is 5.73 Å². The molecule has 3 rings (SSSR count). The number of aromatic amines is 1. The Labute approximate surface area is 126 Å². The van der Waals surface area contributed by atoms with Crippen LogP contribution in [0, 0.1) is 22.7 Å². The molecular weight excluding hydrogens is 276 g/mol. The zero-order valence-corrected chi connectivity index (χ0v) is 11.4. The lowest BCUT2D eigenvalue weighted by molar-refractivity contribution is 1.24. The van der Waals surface area contributed by atoms with E-state index in [2.05, 4.69) is 21.0 Å². The highest BCUT2D eigenvalue weighted by molar-refractivity contribution is 5.79. The quantitative estimate of drug-likeness (QED) is 0.750. The first kappa shape index (κ1) is 13.3. The minimum atomic E-state index is 0.139. The molecule has 3 N–H and O–H groups in total. The van der Waals surface area contributed by atoms with Crippen molar-refractivity contribution in [2.45, 2.75) is 0 Å². The standard InChI is InChI=1S/C16H10N6/c17-7-11-5-10(9-21-11)12-6-15(14-3-1-2-4-20-14)22-16(19)13(12)8-18/h1-6,9,21H,(H2,19,22). The molecule has 0 aliphatic heterocycles. The molecule has 0 aliphatic rings. The largest absolute Gasteiger partial charge is 0.383 e. The second kappa shape index (κ2) is 5.39. The Morgan fingerprint density at radius 2 is 1.95 bits per heavy atom. The molecule has 0 aromatic carbocycles. The van der Waals surface area contributed by atoms with Gasteiger partial charge in [-0.25, -0.2) is 4.98 Å². The molecule has 0 unspecified atom stereocenters. The Kier molecular flexibility index (Phi) is 3.27. The van der Waals surface area contributed by atoms with Gasteiger partial charge < -0.3 is 10.7 Å². The van der Waals surface area contributed by atoms with Crippen LogP contribution in [0.25, 0.3) is 22.5 Å². The Balaban J connectivity index is 2.22. The van der Waals surface area contributed by atoms with Crippen molar-refractivity contribution in [3.8, 4) is 34.7 Å². The molecule has 3 aromatic rings. The van der Waals surface area contributed by atoms with E-state index in [1.54, 1.807) is 24.5 Å². The van der Waals surface area contributed by atoms with Gasteiger partial charge in [-0.2, -0.15) is 10.5 Å². The molecule has 0 spiro atoms. The molecule has 0 radical (unpaired) electrons. The summed E-state index contributed by atoms with van der Waals surface area (Å²) >= 11 is 0. The summed E-state index contributed by atoms with van der Waals surface area (Å²) in [4.78, 5) is 11.3. The molecule has 0 saturated carbocycles. The van der Waals surface area contributed by atoms with E-state index in [4.69, 9.17) is 11.0 Å². The molecule has 3 aromatic heterocycles. The lowest BCUT2D eigenvalue weighted by atomic mass is 10.0. The first-order valence-corrected chi connectivity index (χ1v) is 6.44. The zero-order chi connectivity index (χ0) is 15.5. The number of hydrogen-bond donors (Lipinski definition) is 2. The van der Waals surface area contributed by atoms with Gasteiger partial charge in [0.1, 0.15) is 29.2 Å². The highest BCUT2D eigenvalue weighted by atomic mass is 14.9. The van der Waals surface area contributed by atoms with Crippen LogP contribution in [-0.4, -0.2) is 15.0 Å². The second-order valence-electron chi connectivity index (χ2n) is 4.56. The fourth-order valence-electron chi connectivity index (χ4n) is 2.17. The first-order chi connectivity index (χ1) is 10.7. The van der Waals surface area contributed by atoms with Gasteiger partial charge in [-0.1, -0.05) is 6.07 Å². The third-order valence-corrected chi connectivity index (χ3v) is 3.20. The highest BCUT2D eigenvalue weighted by Gasteiger charge is 2.15. The van der Waals surface area contributed by atoms with E-state index in [0.29, 0.717) is 28.2 Å². The number of H-pyrrole nitrogens is 1. The van der Waals surface area contributed by atoms with E-state index < -0.39 is 0 Å². The molecule has 0 bridgehead atoms. The number of rotatable bonds is 2. The number of nitrogens with one attached hydrogen (secondary N) is 1. The minimum Gasteiger partial charge on any atom is -0.383 e. The average molecular weight is 286 g/mol. The number of nitrogens with zero attached hydrogens (tertiary/aromatic N) is 4. The van der Waals surface area contributed by atoms with Crippen LogP contribution in [0.15, 0.2) is 42.7 Å². The van der Waals surface area contributed by atoms with Gasteiger partial charge >= 0.3 is 0 Å². The Hall–Kier alpha value is -3.64. The van der Waals surface area contributed by atoms with Crippen LogP contribution in [0.2, 0.25) is 0 Å². The first-order valence-electron chi connectivity index (χ1n) is 6.44. The molecule has 104 valence electrons. The van der Waals surface area contributed by atoms with Crippen molar-refractivity contribution in [1.82, 2.24) is 15.0 Å². The smallest absolute Gasteiger partial charge is 0.142 e. The summed E-state index contributed by atoms with van der Waals surface area (Å²) in [5.41, 5.74) is 9.17. The van der Waals surface area contributed by atoms with Crippen LogP contribution in [-0.2, 0) is 0 Å². The average Bonchev–Trinajstić information content (AvgIpc) is 3.04. The van der Waals surface area contributed by atoms with Crippen molar-refractivity contribution in [2.24, 2.45) is 0 Å². The molecule has 6 heteroatoms. The van der Waals surface area contributed by atoms with Crippen molar-refractivity contribution in [3.05, 3.63) is 54.0 Å². The van der Waals surface area contributed by atoms with Gasteiger partial charge in [0.25, 0.3) is 0 Å². The maximum Gasteiger partial charge on any atom is 0.142 e. The molecule has 3 heterocycles. The maximum atomic E-state index is 9.33. The molecule has 0 atom stereocenters. The van der Waals surface area contributed by atoms with E-state index in [1.165, 1.54) is 0 Å². The van der Waals surface area contributed by atoms with Crippen LogP contribution >= 0.6 is 0 Å². The molecule has 0 saturated heterocycles. The summed E-state index contributed by atoms with van der Waals surface area (Å²) in [6.45, 7) is 0. The summed E-state index contributed by atoms with van der Waals surface area (Å²) < 4.78 is 0. The van der Waals surface area contributed by atoms with Crippen LogP contribution in [0.3, 0.4) is 0 Å². The molecule has 6 nitrogen and oxygen atoms in total. The predicted octanol–water partition coefficient (Wildman–Crippen LogP) is 2.46. The fraction of sp³-hybridized carbons (Fsp3) is 0. The van der Waals surface area contributed by atoms with Crippen LogP contribution in [0.5, 0.6) is 0 Å². The van der Waals surface area contributed by atoms with Crippen molar-refractivity contribution in [2.75, 3.05) is 5.73 Å². The molecule has 22 heavy (non-hydrogen) atoms. The summed E-state index contributed by atoms with van der Waals surface area (Å²) in [6.07, 6.45) is 3.32. The summed E-state index contributed by atoms with van der Waals surface area (Å²) in [7, 11) is 0. The Bertz CT molecular complexity index is 912. The summed E-state index contributed by atoms with van der Waals surface area (Å²) in [5, 5.41) is 18.2. The lowest BCUT2D eigenvalue weighted by Crippen LogP contribution is -2.00. The Morgan fingerprint density at radius 1 is 1.09 bits per heavy atom. The van der Waals surface area contributed by atoms with Gasteiger partial charge in [0.2, 0.25) is 0 Å². The monoisotopic (exact) mass is 286 g/mol. The third-order valence-electron chi connectivity index (χ3n) is 3.20. The lowest BCUT2D eigenvalue weighted by Gasteiger charge is -2.08. The second-order valence-corrected chi connectivity index (χ2v) is 4.56. The van der Waals surface area contributed by atoms with Gasteiger partial charge in [0.05, 0.1) is 11.4 Å². The van der Waals surface area contributed by atoms with Crippen molar-refractivity contribution >= 4 is 5.82 Å². The van der Waals surface area contributed by atoms with Crippen molar-refractivity contribution < 1.29 is 0 Å². The van der Waals surface area contributed by atoms with Gasteiger partial charge in [-0.05, 0) is 24.3 Å². The third kappa shape index (κ3) is 2.26.